The van der Waals surface area contributed by atoms with Crippen molar-refractivity contribution >= 4 is 17.2 Å². The van der Waals surface area contributed by atoms with Gasteiger partial charge in [0, 0.05) is 11.9 Å². The van der Waals surface area contributed by atoms with Crippen LogP contribution in [-0.4, -0.2) is 24.0 Å². The summed E-state index contributed by atoms with van der Waals surface area (Å²) in [6.07, 6.45) is 1.83. The van der Waals surface area contributed by atoms with Crippen molar-refractivity contribution in [2.75, 3.05) is 13.1 Å². The number of rotatable bonds is 4. The van der Waals surface area contributed by atoms with Crippen molar-refractivity contribution in [3.8, 4) is 0 Å². The van der Waals surface area contributed by atoms with Crippen LogP contribution in [0.15, 0.2) is 10.9 Å². The van der Waals surface area contributed by atoms with Crippen molar-refractivity contribution in [1.29, 1.82) is 0 Å². The van der Waals surface area contributed by atoms with E-state index in [4.69, 9.17) is 0 Å². The molecule has 88 valence electrons. The van der Waals surface area contributed by atoms with Crippen molar-refractivity contribution in [2.24, 2.45) is 5.41 Å². The molecule has 0 spiro atoms. The molecular weight excluding hydrogens is 222 g/mol. The lowest BCUT2D eigenvalue weighted by atomic mass is 9.83. The van der Waals surface area contributed by atoms with E-state index < -0.39 is 0 Å². The second-order valence-electron chi connectivity index (χ2n) is 4.22. The van der Waals surface area contributed by atoms with Crippen LogP contribution in [0.25, 0.3) is 0 Å². The Morgan fingerprint density at radius 2 is 2.62 bits per heavy atom. The van der Waals surface area contributed by atoms with Crippen LogP contribution in [0.4, 0.5) is 0 Å². The molecule has 0 radical (unpaired) electrons. The van der Waals surface area contributed by atoms with E-state index in [1.165, 1.54) is 0 Å². The quantitative estimate of drug-likeness (QED) is 0.828. The van der Waals surface area contributed by atoms with E-state index in [0.29, 0.717) is 6.54 Å². The molecule has 1 aromatic rings. The second-order valence-corrected chi connectivity index (χ2v) is 4.94. The molecule has 1 amide bonds. The predicted octanol–water partition coefficient (Wildman–Crippen LogP) is 1.15. The van der Waals surface area contributed by atoms with E-state index in [1.807, 2.05) is 5.38 Å². The first kappa shape index (κ1) is 11.5. The van der Waals surface area contributed by atoms with E-state index in [-0.39, 0.29) is 11.3 Å². The average Bonchev–Trinajstić information content (AvgIpc) is 2.97. The Kier molecular flexibility index (Phi) is 3.56. The summed E-state index contributed by atoms with van der Waals surface area (Å²) in [7, 11) is 0. The molecule has 0 saturated carbocycles. The molecule has 0 aromatic carbocycles. The summed E-state index contributed by atoms with van der Waals surface area (Å²) < 4.78 is 0. The number of carbonyl (C=O) groups is 1. The highest BCUT2D eigenvalue weighted by atomic mass is 32.1. The number of carbonyl (C=O) groups excluding carboxylic acids is 1. The van der Waals surface area contributed by atoms with Gasteiger partial charge >= 0.3 is 0 Å². The Morgan fingerprint density at radius 1 is 1.75 bits per heavy atom. The zero-order valence-electron chi connectivity index (χ0n) is 9.45. The van der Waals surface area contributed by atoms with Crippen molar-refractivity contribution in [2.45, 2.75) is 26.3 Å². The van der Waals surface area contributed by atoms with Crippen LogP contribution in [-0.2, 0) is 11.3 Å². The minimum Gasteiger partial charge on any atom is -0.350 e. The number of hydrogen-bond acceptors (Lipinski definition) is 4. The van der Waals surface area contributed by atoms with E-state index >= 15 is 0 Å². The minimum absolute atomic E-state index is 0.160. The number of nitrogens with zero attached hydrogens (tertiary/aromatic N) is 1. The number of hydrogen-bond donors (Lipinski definition) is 2. The molecule has 2 rings (SSSR count). The molecule has 0 bridgehead atoms. The fraction of sp³-hybridized carbons (Fsp3) is 0.636. The third kappa shape index (κ3) is 2.25. The minimum atomic E-state index is -0.198. The molecule has 1 aromatic heterocycles. The normalized spacial score (nSPS) is 24.6. The number of amides is 1. The smallest absolute Gasteiger partial charge is 0.227 e. The summed E-state index contributed by atoms with van der Waals surface area (Å²) in [6.45, 7) is 4.36. The predicted molar refractivity (Wildman–Crippen MR) is 64.2 cm³/mol. The highest BCUT2D eigenvalue weighted by Gasteiger charge is 2.39. The SMILES string of the molecule is CCC1(C(=O)NCc2cscn2)CCNC1. The van der Waals surface area contributed by atoms with E-state index in [2.05, 4.69) is 22.5 Å². The molecule has 1 fully saturated rings. The van der Waals surface area contributed by atoms with Crippen LogP contribution in [0, 0.1) is 5.41 Å². The van der Waals surface area contributed by atoms with Gasteiger partial charge in [0.05, 0.1) is 23.2 Å². The van der Waals surface area contributed by atoms with Crippen molar-refractivity contribution < 1.29 is 4.79 Å². The zero-order chi connectivity index (χ0) is 11.4. The topological polar surface area (TPSA) is 54.0 Å². The fourth-order valence-electron chi connectivity index (χ4n) is 2.08. The molecule has 1 saturated heterocycles. The maximum absolute atomic E-state index is 12.1. The standard InChI is InChI=1S/C11H17N3OS/c1-2-11(3-4-12-7-11)10(15)13-5-9-6-16-8-14-9/h6,8,12H,2-5,7H2,1H3,(H,13,15). The van der Waals surface area contributed by atoms with Crippen LogP contribution >= 0.6 is 11.3 Å². The van der Waals surface area contributed by atoms with Crippen LogP contribution in [0.3, 0.4) is 0 Å². The highest BCUT2D eigenvalue weighted by molar-refractivity contribution is 7.07. The molecule has 4 nitrogen and oxygen atoms in total. The van der Waals surface area contributed by atoms with E-state index in [1.54, 1.807) is 16.8 Å². The second kappa shape index (κ2) is 4.93. The Labute approximate surface area is 99.5 Å². The van der Waals surface area contributed by atoms with Crippen molar-refractivity contribution in [1.82, 2.24) is 15.6 Å². The van der Waals surface area contributed by atoms with Crippen LogP contribution in [0.1, 0.15) is 25.5 Å². The summed E-state index contributed by atoms with van der Waals surface area (Å²) >= 11 is 1.55. The van der Waals surface area contributed by atoms with Gasteiger partial charge in [-0.05, 0) is 19.4 Å². The summed E-state index contributed by atoms with van der Waals surface area (Å²) in [5.41, 5.74) is 2.53. The lowest BCUT2D eigenvalue weighted by Crippen LogP contribution is -2.41. The molecule has 1 aliphatic heterocycles. The van der Waals surface area contributed by atoms with Gasteiger partial charge in [0.1, 0.15) is 0 Å². The monoisotopic (exact) mass is 239 g/mol. The van der Waals surface area contributed by atoms with Crippen molar-refractivity contribution in [3.63, 3.8) is 0 Å². The molecule has 1 unspecified atom stereocenters. The Balaban J connectivity index is 1.91. The van der Waals surface area contributed by atoms with Crippen molar-refractivity contribution in [3.05, 3.63) is 16.6 Å². The van der Waals surface area contributed by atoms with Gasteiger partial charge in [-0.3, -0.25) is 4.79 Å². The third-order valence-corrected chi connectivity index (χ3v) is 3.95. The molecule has 2 heterocycles. The maximum Gasteiger partial charge on any atom is 0.227 e. The first-order valence-corrected chi connectivity index (χ1v) is 6.57. The average molecular weight is 239 g/mol. The van der Waals surface area contributed by atoms with Gasteiger partial charge in [0.25, 0.3) is 0 Å². The molecule has 16 heavy (non-hydrogen) atoms. The third-order valence-electron chi connectivity index (χ3n) is 3.32. The summed E-state index contributed by atoms with van der Waals surface area (Å²) in [4.78, 5) is 16.3. The van der Waals surface area contributed by atoms with Gasteiger partial charge in [-0.1, -0.05) is 6.92 Å². The molecule has 0 aliphatic carbocycles. The molecule has 1 atom stereocenters. The van der Waals surface area contributed by atoms with Crippen LogP contribution in [0.5, 0.6) is 0 Å². The number of thiazole rings is 1. The molecular formula is C11H17N3OS. The van der Waals surface area contributed by atoms with Gasteiger partial charge in [0.2, 0.25) is 5.91 Å². The summed E-state index contributed by atoms with van der Waals surface area (Å²) in [6, 6.07) is 0. The van der Waals surface area contributed by atoms with Gasteiger partial charge in [-0.2, -0.15) is 0 Å². The van der Waals surface area contributed by atoms with Crippen LogP contribution in [0.2, 0.25) is 0 Å². The number of nitrogens with one attached hydrogen (secondary N) is 2. The Hall–Kier alpha value is -0.940. The van der Waals surface area contributed by atoms with Gasteiger partial charge in [-0.15, -0.1) is 11.3 Å². The summed E-state index contributed by atoms with van der Waals surface area (Å²) in [5, 5.41) is 8.21. The Bertz CT molecular complexity index is 344. The number of aromatic nitrogens is 1. The molecule has 2 N–H and O–H groups in total. The largest absolute Gasteiger partial charge is 0.350 e. The van der Waals surface area contributed by atoms with E-state index in [9.17, 15) is 4.79 Å². The summed E-state index contributed by atoms with van der Waals surface area (Å²) in [5.74, 6) is 0.160. The van der Waals surface area contributed by atoms with Gasteiger partial charge in [0.15, 0.2) is 0 Å². The Morgan fingerprint density at radius 3 is 3.19 bits per heavy atom. The first-order chi connectivity index (χ1) is 7.77. The lowest BCUT2D eigenvalue weighted by molar-refractivity contribution is -0.130. The highest BCUT2D eigenvalue weighted by Crippen LogP contribution is 2.29. The molecule has 5 heteroatoms. The lowest BCUT2D eigenvalue weighted by Gasteiger charge is -2.24. The molecule has 1 aliphatic rings. The fourth-order valence-corrected chi connectivity index (χ4v) is 2.64. The van der Waals surface area contributed by atoms with E-state index in [0.717, 1.165) is 31.6 Å². The van der Waals surface area contributed by atoms with Gasteiger partial charge in [-0.25, -0.2) is 4.98 Å². The van der Waals surface area contributed by atoms with Gasteiger partial charge < -0.3 is 10.6 Å². The first-order valence-electron chi connectivity index (χ1n) is 5.63. The maximum atomic E-state index is 12.1. The van der Waals surface area contributed by atoms with Crippen LogP contribution < -0.4 is 10.6 Å². The zero-order valence-corrected chi connectivity index (χ0v) is 10.3.